The van der Waals surface area contributed by atoms with Gasteiger partial charge in [0.25, 0.3) is 0 Å². The number of fused-ring (bicyclic) bond motifs is 2. The van der Waals surface area contributed by atoms with Crippen LogP contribution < -0.4 is 0 Å². The van der Waals surface area contributed by atoms with Gasteiger partial charge >= 0.3 is 0 Å². The van der Waals surface area contributed by atoms with E-state index in [1.54, 1.807) is 22.9 Å². The van der Waals surface area contributed by atoms with Crippen molar-refractivity contribution in [2.24, 2.45) is 0 Å². The van der Waals surface area contributed by atoms with Crippen molar-refractivity contribution in [1.29, 1.82) is 0 Å². The van der Waals surface area contributed by atoms with Crippen LogP contribution in [0.25, 0.3) is 11.0 Å². The number of aliphatic hydroxyl groups excluding tert-OH is 1. The fourth-order valence-corrected chi connectivity index (χ4v) is 6.59. The van der Waals surface area contributed by atoms with Crippen molar-refractivity contribution in [1.82, 2.24) is 14.5 Å². The number of ether oxygens (including phenoxy) is 3. The van der Waals surface area contributed by atoms with Gasteiger partial charge in [-0.25, -0.2) is 14.4 Å². The van der Waals surface area contributed by atoms with Crippen LogP contribution in [0.2, 0.25) is 28.3 Å². The molecule has 12 heteroatoms. The minimum Gasteiger partial charge on any atom is -0.416 e. The van der Waals surface area contributed by atoms with Gasteiger partial charge in [0.2, 0.25) is 0 Å². The zero-order valence-electron chi connectivity index (χ0n) is 23.7. The molecule has 0 aliphatic carbocycles. The van der Waals surface area contributed by atoms with Gasteiger partial charge in [0.05, 0.1) is 10.4 Å². The van der Waals surface area contributed by atoms with Crippen molar-refractivity contribution in [2.75, 3.05) is 6.61 Å². The Morgan fingerprint density at radius 3 is 2.55 bits per heavy atom. The molecule has 2 saturated heterocycles. The summed E-state index contributed by atoms with van der Waals surface area (Å²) in [6.45, 7) is 14.7. The molecule has 218 valence electrons. The lowest BCUT2D eigenvalue weighted by molar-refractivity contribution is -0.207. The number of rotatable bonds is 7. The highest BCUT2D eigenvalue weighted by Gasteiger charge is 2.58. The number of nitrogens with zero attached hydrogens (tertiary/aromatic N) is 3. The summed E-state index contributed by atoms with van der Waals surface area (Å²) >= 11 is 12.5. The van der Waals surface area contributed by atoms with Gasteiger partial charge in [-0.3, -0.25) is 0 Å². The lowest BCUT2D eigenvalue weighted by Crippen LogP contribution is -2.41. The monoisotopic (exact) mass is 611 g/mol. The first kappa shape index (κ1) is 29.8. The molecule has 0 spiro atoms. The van der Waals surface area contributed by atoms with Gasteiger partial charge in [-0.05, 0) is 61.7 Å². The van der Waals surface area contributed by atoms with Gasteiger partial charge in [0.15, 0.2) is 20.3 Å². The standard InChI is InChI=1S/C28H36Cl2FN3O5Si/c1-27(2,3)40(6,7)36-13-11-15-16(8-9-18(29)19(15)31)20(35)21-22-23(39-28(4,5)38-22)26(37-21)34-12-10-17-24(30)32-14-33-25(17)34/h8-10,12,14,20-23,26,35H,11,13H2,1-7H3/t20?,21-,22-,23-,26-/m1/s1. The van der Waals surface area contributed by atoms with Crippen LogP contribution >= 0.6 is 23.2 Å². The van der Waals surface area contributed by atoms with E-state index in [2.05, 4.69) is 43.8 Å². The molecule has 0 radical (unpaired) electrons. The molecule has 1 aromatic carbocycles. The van der Waals surface area contributed by atoms with E-state index in [1.165, 1.54) is 12.4 Å². The van der Waals surface area contributed by atoms with E-state index in [9.17, 15) is 5.11 Å². The molecule has 1 unspecified atom stereocenters. The van der Waals surface area contributed by atoms with Gasteiger partial charge < -0.3 is 28.3 Å². The van der Waals surface area contributed by atoms with Crippen LogP contribution in [-0.4, -0.2) is 58.7 Å². The summed E-state index contributed by atoms with van der Waals surface area (Å²) in [5.41, 5.74) is 1.24. The number of hydrogen-bond donors (Lipinski definition) is 1. The Morgan fingerprint density at radius 2 is 1.85 bits per heavy atom. The second-order valence-electron chi connectivity index (χ2n) is 12.4. The first-order valence-electron chi connectivity index (χ1n) is 13.4. The Bertz CT molecular complexity index is 1410. The van der Waals surface area contributed by atoms with Crippen LogP contribution in [-0.2, 0) is 25.1 Å². The van der Waals surface area contributed by atoms with Crippen molar-refractivity contribution in [3.05, 3.63) is 57.8 Å². The van der Waals surface area contributed by atoms with Crippen molar-refractivity contribution >= 4 is 42.6 Å². The normalized spacial score (nSPS) is 25.5. The summed E-state index contributed by atoms with van der Waals surface area (Å²) in [6, 6.07) is 4.89. The molecular weight excluding hydrogens is 576 g/mol. The highest BCUT2D eigenvalue weighted by molar-refractivity contribution is 6.74. The summed E-state index contributed by atoms with van der Waals surface area (Å²) in [7, 11) is -2.06. The second-order valence-corrected chi connectivity index (χ2v) is 18.0. The van der Waals surface area contributed by atoms with E-state index < -0.39 is 50.6 Å². The maximum absolute atomic E-state index is 15.5. The zero-order valence-corrected chi connectivity index (χ0v) is 26.3. The average molecular weight is 613 g/mol. The largest absolute Gasteiger partial charge is 0.416 e. The number of benzene rings is 1. The Labute approximate surface area is 244 Å². The molecule has 8 nitrogen and oxygen atoms in total. The summed E-state index contributed by atoms with van der Waals surface area (Å²) < 4.78 is 42.5. The molecule has 40 heavy (non-hydrogen) atoms. The van der Waals surface area contributed by atoms with E-state index in [0.717, 1.165) is 0 Å². The Hall–Kier alpha value is -1.63. The highest BCUT2D eigenvalue weighted by Crippen LogP contribution is 2.48. The van der Waals surface area contributed by atoms with Crippen LogP contribution in [0.1, 0.15) is 58.1 Å². The molecule has 0 bridgehead atoms. The van der Waals surface area contributed by atoms with Crippen LogP contribution in [0, 0.1) is 5.82 Å². The molecule has 5 rings (SSSR count). The average Bonchev–Trinajstić information content (AvgIpc) is 3.52. The molecule has 4 heterocycles. The van der Waals surface area contributed by atoms with Crippen molar-refractivity contribution in [3.8, 4) is 0 Å². The Morgan fingerprint density at radius 1 is 1.15 bits per heavy atom. The smallest absolute Gasteiger partial charge is 0.191 e. The molecule has 2 aliphatic heterocycles. The maximum Gasteiger partial charge on any atom is 0.191 e. The van der Waals surface area contributed by atoms with Crippen molar-refractivity contribution in [3.63, 3.8) is 0 Å². The third-order valence-corrected chi connectivity index (χ3v) is 13.4. The van der Waals surface area contributed by atoms with Gasteiger partial charge in [0, 0.05) is 12.8 Å². The lowest BCUT2D eigenvalue weighted by Gasteiger charge is -2.36. The van der Waals surface area contributed by atoms with Gasteiger partial charge in [0.1, 0.15) is 47.4 Å². The molecule has 5 atom stereocenters. The number of hydrogen-bond acceptors (Lipinski definition) is 7. The minimum absolute atomic E-state index is 0.00827. The molecule has 3 aromatic rings. The number of halogens is 3. The zero-order chi connectivity index (χ0) is 29.2. The lowest BCUT2D eigenvalue weighted by atomic mass is 9.93. The minimum atomic E-state index is -2.06. The molecule has 2 fully saturated rings. The van der Waals surface area contributed by atoms with E-state index in [1.807, 2.05) is 13.8 Å². The van der Waals surface area contributed by atoms with Crippen molar-refractivity contribution < 1.29 is 28.1 Å². The summed E-state index contributed by atoms with van der Waals surface area (Å²) in [4.78, 5) is 8.43. The van der Waals surface area contributed by atoms with Crippen molar-refractivity contribution in [2.45, 2.75) is 95.6 Å². The van der Waals surface area contributed by atoms with Crippen LogP contribution in [0.5, 0.6) is 0 Å². The summed E-state index contributed by atoms with van der Waals surface area (Å²) in [6.07, 6.45) is -0.571. The molecule has 0 amide bonds. The number of aliphatic hydroxyl groups is 1. The van der Waals surface area contributed by atoms with E-state index in [4.69, 9.17) is 41.8 Å². The predicted molar refractivity (Wildman–Crippen MR) is 153 cm³/mol. The van der Waals surface area contributed by atoms with Gasteiger partial charge in [-0.15, -0.1) is 0 Å². The number of aromatic nitrogens is 3. The molecule has 0 saturated carbocycles. The fraction of sp³-hybridized carbons (Fsp3) is 0.571. The molecule has 1 N–H and O–H groups in total. The Balaban J connectivity index is 1.46. The fourth-order valence-electron chi connectivity index (χ4n) is 5.17. The molecular formula is C28H36Cl2FN3O5Si. The van der Waals surface area contributed by atoms with Crippen LogP contribution in [0.4, 0.5) is 4.39 Å². The van der Waals surface area contributed by atoms with E-state index in [-0.39, 0.29) is 16.5 Å². The third-order valence-electron chi connectivity index (χ3n) is 8.28. The SMILES string of the molecule is CC1(C)O[C@@H]2[C@H](O1)[C@@H](C(O)c1ccc(Cl)c(F)c1CCO[Si](C)(C)C(C)(C)C)O[C@H]2n1ccc2c(Cl)ncnc21. The quantitative estimate of drug-likeness (QED) is 0.238. The van der Waals surface area contributed by atoms with E-state index >= 15 is 4.39 Å². The topological polar surface area (TPSA) is 87.9 Å². The van der Waals surface area contributed by atoms with Crippen LogP contribution in [0.15, 0.2) is 30.7 Å². The Kier molecular flexibility index (Phi) is 7.89. The van der Waals surface area contributed by atoms with Gasteiger partial charge in [-0.1, -0.05) is 50.0 Å². The first-order valence-corrected chi connectivity index (χ1v) is 17.0. The van der Waals surface area contributed by atoms with Gasteiger partial charge in [-0.2, -0.15) is 0 Å². The molecule has 2 aromatic heterocycles. The molecule has 2 aliphatic rings. The highest BCUT2D eigenvalue weighted by atomic mass is 35.5. The third kappa shape index (κ3) is 5.33. The predicted octanol–water partition coefficient (Wildman–Crippen LogP) is 6.59. The maximum atomic E-state index is 15.5. The summed E-state index contributed by atoms with van der Waals surface area (Å²) in [5, 5.41) is 12.7. The van der Waals surface area contributed by atoms with E-state index in [0.29, 0.717) is 33.9 Å². The summed E-state index contributed by atoms with van der Waals surface area (Å²) in [5.74, 6) is -1.49. The second kappa shape index (κ2) is 10.6. The van der Waals surface area contributed by atoms with Crippen LogP contribution in [0.3, 0.4) is 0 Å². The first-order chi connectivity index (χ1) is 18.6.